The minimum atomic E-state index is -4.38. The van der Waals surface area contributed by atoms with E-state index in [0.29, 0.717) is 12.8 Å². The molecule has 0 saturated heterocycles. The minimum absolute atomic E-state index is 0.0456. The highest BCUT2D eigenvalue weighted by molar-refractivity contribution is 7.47. The van der Waals surface area contributed by atoms with E-state index < -0.39 is 32.5 Å². The Labute approximate surface area is 298 Å². The maximum absolute atomic E-state index is 12.5. The Hall–Kier alpha value is -2.03. The Kier molecular flexibility index (Phi) is 34.3. The van der Waals surface area contributed by atoms with Crippen molar-refractivity contribution in [2.45, 2.75) is 161 Å². The molecule has 49 heavy (non-hydrogen) atoms. The van der Waals surface area contributed by atoms with Gasteiger partial charge in [0.1, 0.15) is 6.61 Å². The molecule has 0 spiro atoms. The molecule has 1 unspecified atom stereocenters. The monoisotopic (exact) mass is 711 g/mol. The van der Waals surface area contributed by atoms with Crippen LogP contribution in [0.1, 0.15) is 155 Å². The van der Waals surface area contributed by atoms with Crippen molar-refractivity contribution in [2.24, 2.45) is 5.73 Å². The quantitative estimate of drug-likeness (QED) is 0.0285. The van der Waals surface area contributed by atoms with Crippen LogP contribution in [-0.4, -0.2) is 49.3 Å². The SMILES string of the molecule is CCCCC/C=C\C/C=C\C/C=C\C/C=C\CCCC(=O)OC[C@H](COP(=O)(O)OCCN)OC(=O)CCCCCCCCCCCCC. The molecule has 0 saturated carbocycles. The first kappa shape index (κ1) is 47.0. The third-order valence-electron chi connectivity index (χ3n) is 7.72. The Morgan fingerprint density at radius 2 is 1.08 bits per heavy atom. The van der Waals surface area contributed by atoms with Gasteiger partial charge >= 0.3 is 19.8 Å². The molecule has 3 N–H and O–H groups in total. The summed E-state index contributed by atoms with van der Waals surface area (Å²) in [6.45, 7) is 3.61. The number of carbonyl (C=O) groups excluding carboxylic acids is 2. The molecule has 0 aromatic carbocycles. The predicted molar refractivity (Wildman–Crippen MR) is 201 cm³/mol. The molecule has 0 radical (unpaired) electrons. The van der Waals surface area contributed by atoms with E-state index >= 15 is 0 Å². The molecule has 0 rings (SSSR count). The van der Waals surface area contributed by atoms with Gasteiger partial charge in [-0.15, -0.1) is 0 Å². The number of esters is 2. The zero-order valence-corrected chi connectivity index (χ0v) is 31.8. The second-order valence-corrected chi connectivity index (χ2v) is 13.9. The van der Waals surface area contributed by atoms with Gasteiger partial charge in [-0.05, 0) is 51.4 Å². The summed E-state index contributed by atoms with van der Waals surface area (Å²) in [6, 6.07) is 0. The number of phosphoric acid groups is 1. The molecule has 0 aromatic rings. The predicted octanol–water partition coefficient (Wildman–Crippen LogP) is 10.4. The van der Waals surface area contributed by atoms with Gasteiger partial charge in [0.2, 0.25) is 0 Å². The Balaban J connectivity index is 4.32. The van der Waals surface area contributed by atoms with Gasteiger partial charge in [0.05, 0.1) is 13.2 Å². The largest absolute Gasteiger partial charge is 0.472 e. The molecule has 0 aliphatic rings. The van der Waals surface area contributed by atoms with Crippen molar-refractivity contribution in [3.8, 4) is 0 Å². The van der Waals surface area contributed by atoms with E-state index in [1.54, 1.807) is 0 Å². The molecule has 0 bridgehead atoms. The van der Waals surface area contributed by atoms with Crippen molar-refractivity contribution in [2.75, 3.05) is 26.4 Å². The summed E-state index contributed by atoms with van der Waals surface area (Å²) in [5, 5.41) is 0. The van der Waals surface area contributed by atoms with Gasteiger partial charge in [-0.2, -0.15) is 0 Å². The van der Waals surface area contributed by atoms with E-state index in [9.17, 15) is 19.0 Å². The number of phosphoric ester groups is 1. The van der Waals surface area contributed by atoms with Crippen LogP contribution in [0.5, 0.6) is 0 Å². The molecule has 0 aliphatic heterocycles. The van der Waals surface area contributed by atoms with Crippen LogP contribution in [0.15, 0.2) is 48.6 Å². The summed E-state index contributed by atoms with van der Waals surface area (Å²) in [4.78, 5) is 34.6. The zero-order chi connectivity index (χ0) is 36.1. The van der Waals surface area contributed by atoms with E-state index in [0.717, 1.165) is 44.9 Å². The number of ether oxygens (including phenoxy) is 2. The first-order chi connectivity index (χ1) is 23.8. The summed E-state index contributed by atoms with van der Waals surface area (Å²) in [5.41, 5.74) is 5.32. The standard InChI is InChI=1S/C39H70NO8P/c1-3-5-7-9-11-13-15-16-17-18-19-20-22-23-25-27-29-31-38(41)45-35-37(36-47-49(43,44)46-34-33-40)48-39(42)32-30-28-26-24-21-14-12-10-8-6-4-2/h11,13,16-17,19-20,23,25,37H,3-10,12,14-15,18,21-22,24,26-36,40H2,1-2H3,(H,43,44)/b13-11-,17-16-,20-19-,25-23-/t37-/m1/s1. The van der Waals surface area contributed by atoms with Gasteiger partial charge in [-0.3, -0.25) is 18.6 Å². The van der Waals surface area contributed by atoms with Crippen molar-refractivity contribution >= 4 is 19.8 Å². The highest BCUT2D eigenvalue weighted by Gasteiger charge is 2.25. The molecule has 0 aromatic heterocycles. The second kappa shape index (κ2) is 35.8. The second-order valence-electron chi connectivity index (χ2n) is 12.4. The lowest BCUT2D eigenvalue weighted by Crippen LogP contribution is -2.29. The number of hydrogen-bond donors (Lipinski definition) is 2. The lowest BCUT2D eigenvalue weighted by Gasteiger charge is -2.19. The van der Waals surface area contributed by atoms with Gasteiger partial charge in [-0.25, -0.2) is 4.57 Å². The zero-order valence-electron chi connectivity index (χ0n) is 30.9. The molecule has 0 heterocycles. The highest BCUT2D eigenvalue weighted by Crippen LogP contribution is 2.43. The van der Waals surface area contributed by atoms with Crippen LogP contribution in [-0.2, 0) is 32.7 Å². The maximum Gasteiger partial charge on any atom is 0.472 e. The topological polar surface area (TPSA) is 134 Å². The van der Waals surface area contributed by atoms with Gasteiger partial charge in [0, 0.05) is 19.4 Å². The maximum atomic E-state index is 12.5. The fourth-order valence-electron chi connectivity index (χ4n) is 4.86. The molecule has 9 nitrogen and oxygen atoms in total. The summed E-state index contributed by atoms with van der Waals surface area (Å²) in [5.74, 6) is -0.898. The van der Waals surface area contributed by atoms with Crippen LogP contribution in [0.3, 0.4) is 0 Å². The van der Waals surface area contributed by atoms with E-state index in [1.807, 2.05) is 6.08 Å². The number of hydrogen-bond acceptors (Lipinski definition) is 8. The first-order valence-electron chi connectivity index (χ1n) is 19.1. The van der Waals surface area contributed by atoms with Crippen LogP contribution in [0.4, 0.5) is 0 Å². The van der Waals surface area contributed by atoms with Gasteiger partial charge in [-0.1, -0.05) is 140 Å². The number of nitrogens with two attached hydrogens (primary N) is 1. The lowest BCUT2D eigenvalue weighted by atomic mass is 10.1. The fraction of sp³-hybridized carbons (Fsp3) is 0.744. The van der Waals surface area contributed by atoms with Crippen molar-refractivity contribution in [1.82, 2.24) is 0 Å². The van der Waals surface area contributed by atoms with Crippen molar-refractivity contribution in [3.05, 3.63) is 48.6 Å². The highest BCUT2D eigenvalue weighted by atomic mass is 31.2. The Bertz CT molecular complexity index is 949. The Morgan fingerprint density at radius 1 is 0.612 bits per heavy atom. The molecular formula is C39H70NO8P. The van der Waals surface area contributed by atoms with Gasteiger partial charge in [0.15, 0.2) is 6.10 Å². The molecule has 0 aliphatic carbocycles. The summed E-state index contributed by atoms with van der Waals surface area (Å²) in [7, 11) is -4.38. The van der Waals surface area contributed by atoms with Crippen molar-refractivity contribution < 1.29 is 37.6 Å². The van der Waals surface area contributed by atoms with Crippen molar-refractivity contribution in [1.29, 1.82) is 0 Å². The van der Waals surface area contributed by atoms with Crippen LogP contribution >= 0.6 is 7.82 Å². The fourth-order valence-corrected chi connectivity index (χ4v) is 5.63. The number of rotatable bonds is 35. The van der Waals surface area contributed by atoms with Crippen LogP contribution in [0.25, 0.3) is 0 Å². The van der Waals surface area contributed by atoms with E-state index in [2.05, 4.69) is 56.4 Å². The summed E-state index contributed by atoms with van der Waals surface area (Å²) >= 11 is 0. The molecule has 10 heteroatoms. The van der Waals surface area contributed by atoms with E-state index in [-0.39, 0.29) is 32.6 Å². The lowest BCUT2D eigenvalue weighted by molar-refractivity contribution is -0.161. The molecular weight excluding hydrogens is 641 g/mol. The summed E-state index contributed by atoms with van der Waals surface area (Å²) < 4.78 is 32.6. The average molecular weight is 712 g/mol. The van der Waals surface area contributed by atoms with E-state index in [1.165, 1.54) is 70.6 Å². The number of carbonyl (C=O) groups is 2. The smallest absolute Gasteiger partial charge is 0.462 e. The Morgan fingerprint density at radius 3 is 1.63 bits per heavy atom. The number of unbranched alkanes of at least 4 members (excludes halogenated alkanes) is 14. The average Bonchev–Trinajstić information content (AvgIpc) is 3.08. The van der Waals surface area contributed by atoms with Crippen LogP contribution < -0.4 is 5.73 Å². The first-order valence-corrected chi connectivity index (χ1v) is 20.6. The molecule has 0 amide bonds. The summed E-state index contributed by atoms with van der Waals surface area (Å²) in [6.07, 6.45) is 38.6. The van der Waals surface area contributed by atoms with Crippen LogP contribution in [0, 0.1) is 0 Å². The molecule has 284 valence electrons. The van der Waals surface area contributed by atoms with Crippen molar-refractivity contribution in [3.63, 3.8) is 0 Å². The normalized spacial score (nSPS) is 14.0. The van der Waals surface area contributed by atoms with E-state index in [4.69, 9.17) is 24.3 Å². The third kappa shape index (κ3) is 35.6. The third-order valence-corrected chi connectivity index (χ3v) is 8.70. The molecule has 0 fully saturated rings. The van der Waals surface area contributed by atoms with Gasteiger partial charge < -0.3 is 20.1 Å². The number of allylic oxidation sites excluding steroid dienone is 8. The molecule has 2 atom stereocenters. The van der Waals surface area contributed by atoms with Gasteiger partial charge in [0.25, 0.3) is 0 Å². The minimum Gasteiger partial charge on any atom is -0.462 e. The van der Waals surface area contributed by atoms with Crippen LogP contribution in [0.2, 0.25) is 0 Å².